The number of aromatic nitrogens is 3. The molecule has 29 heavy (non-hydrogen) atoms. The fourth-order valence-corrected chi connectivity index (χ4v) is 4.52. The zero-order chi connectivity index (χ0) is 20.0. The van der Waals surface area contributed by atoms with Gasteiger partial charge in [-0.25, -0.2) is 4.39 Å². The molecule has 0 radical (unpaired) electrons. The maximum atomic E-state index is 13.5. The molecule has 2 bridgehead atoms. The lowest BCUT2D eigenvalue weighted by atomic mass is 9.82. The van der Waals surface area contributed by atoms with Gasteiger partial charge in [-0.1, -0.05) is 6.07 Å². The second-order valence-electron chi connectivity index (χ2n) is 7.73. The second-order valence-corrected chi connectivity index (χ2v) is 7.73. The van der Waals surface area contributed by atoms with Crippen LogP contribution in [0, 0.1) is 11.7 Å². The number of piperidine rings is 1. The summed E-state index contributed by atoms with van der Waals surface area (Å²) < 4.78 is 15.3. The van der Waals surface area contributed by atoms with Crippen LogP contribution in [0.5, 0.6) is 0 Å². The first-order chi connectivity index (χ1) is 14.1. The van der Waals surface area contributed by atoms with Gasteiger partial charge in [-0.2, -0.15) is 0 Å². The van der Waals surface area contributed by atoms with E-state index < -0.39 is 5.82 Å². The van der Waals surface area contributed by atoms with Gasteiger partial charge in [0.25, 0.3) is 11.5 Å². The Balaban J connectivity index is 1.49. The zero-order valence-electron chi connectivity index (χ0n) is 15.7. The van der Waals surface area contributed by atoms with Crippen molar-refractivity contribution < 1.29 is 9.18 Å². The number of likely N-dealkylation sites (tertiary alicyclic amines) is 1. The number of amides is 1. The second kappa shape index (κ2) is 6.92. The predicted octanol–water partition coefficient (Wildman–Crippen LogP) is 2.70. The summed E-state index contributed by atoms with van der Waals surface area (Å²) in [5, 5.41) is 0. The number of fused-ring (bicyclic) bond motifs is 4. The van der Waals surface area contributed by atoms with Gasteiger partial charge in [-0.15, -0.1) is 0 Å². The summed E-state index contributed by atoms with van der Waals surface area (Å²) in [6.45, 7) is 1.63. The first-order valence-electron chi connectivity index (χ1n) is 9.64. The number of halogens is 1. The third kappa shape index (κ3) is 3.22. The van der Waals surface area contributed by atoms with Gasteiger partial charge in [-0.3, -0.25) is 19.6 Å². The number of hydrogen-bond donors (Lipinski definition) is 0. The lowest BCUT2D eigenvalue weighted by Crippen LogP contribution is -2.49. The van der Waals surface area contributed by atoms with Crippen LogP contribution in [0.4, 0.5) is 4.39 Å². The third-order valence-electron chi connectivity index (χ3n) is 5.76. The number of pyridine rings is 3. The Hall–Kier alpha value is -3.35. The quantitative estimate of drug-likeness (QED) is 0.675. The van der Waals surface area contributed by atoms with Gasteiger partial charge >= 0.3 is 0 Å². The Bertz CT molecular complexity index is 1150. The van der Waals surface area contributed by atoms with E-state index in [9.17, 15) is 14.0 Å². The molecule has 0 aromatic carbocycles. The van der Waals surface area contributed by atoms with E-state index in [-0.39, 0.29) is 28.9 Å². The Morgan fingerprint density at radius 1 is 1.10 bits per heavy atom. The highest BCUT2D eigenvalue weighted by Gasteiger charge is 2.37. The maximum absolute atomic E-state index is 13.5. The van der Waals surface area contributed by atoms with Crippen molar-refractivity contribution in [3.05, 3.63) is 82.4 Å². The van der Waals surface area contributed by atoms with Crippen molar-refractivity contribution in [2.24, 2.45) is 5.92 Å². The number of carbonyl (C=O) groups excluding carboxylic acids is 1. The summed E-state index contributed by atoms with van der Waals surface area (Å²) in [7, 11) is 0. The summed E-state index contributed by atoms with van der Waals surface area (Å²) in [4.78, 5) is 35.6. The zero-order valence-corrected chi connectivity index (χ0v) is 15.7. The van der Waals surface area contributed by atoms with E-state index in [1.54, 1.807) is 17.2 Å². The highest BCUT2D eigenvalue weighted by atomic mass is 19.1. The average Bonchev–Trinajstić information content (AvgIpc) is 2.74. The van der Waals surface area contributed by atoms with Gasteiger partial charge in [-0.05, 0) is 36.6 Å². The van der Waals surface area contributed by atoms with Gasteiger partial charge in [0, 0.05) is 55.3 Å². The fourth-order valence-electron chi connectivity index (χ4n) is 4.52. The van der Waals surface area contributed by atoms with Crippen molar-refractivity contribution in [3.63, 3.8) is 0 Å². The van der Waals surface area contributed by atoms with Crippen LogP contribution < -0.4 is 5.56 Å². The summed E-state index contributed by atoms with van der Waals surface area (Å²) in [6, 6.07) is 10.5. The van der Waals surface area contributed by atoms with E-state index in [2.05, 4.69) is 9.97 Å². The van der Waals surface area contributed by atoms with Gasteiger partial charge in [0.1, 0.15) is 5.82 Å². The molecule has 2 aliphatic rings. The molecule has 3 aromatic heterocycles. The van der Waals surface area contributed by atoms with Crippen molar-refractivity contribution in [1.82, 2.24) is 19.4 Å². The number of rotatable bonds is 2. The van der Waals surface area contributed by atoms with Crippen LogP contribution in [0.15, 0.2) is 59.8 Å². The molecule has 5 heterocycles. The van der Waals surface area contributed by atoms with Crippen LogP contribution in [0.1, 0.15) is 28.4 Å². The highest BCUT2D eigenvalue weighted by Crippen LogP contribution is 2.36. The summed E-state index contributed by atoms with van der Waals surface area (Å²) in [5.41, 5.74) is 2.70. The van der Waals surface area contributed by atoms with Crippen LogP contribution >= 0.6 is 0 Å². The van der Waals surface area contributed by atoms with Crippen molar-refractivity contribution >= 4 is 5.91 Å². The normalized spacial score (nSPS) is 20.2. The van der Waals surface area contributed by atoms with E-state index in [0.29, 0.717) is 19.6 Å². The Kier molecular flexibility index (Phi) is 4.23. The molecule has 3 aromatic rings. The van der Waals surface area contributed by atoms with E-state index >= 15 is 0 Å². The van der Waals surface area contributed by atoms with Gasteiger partial charge < -0.3 is 9.47 Å². The standard InChI is InChI=1S/C22H19FN4O2/c23-18-6-16(9-24-10-18)22(29)26-11-14-5-17(13-26)20-7-15(8-21(28)27(20)12-14)19-3-1-2-4-25-19/h1-4,6-10,14,17H,5,11-13H2/t14-,17+/m0/s1. The molecule has 2 aliphatic heterocycles. The number of carbonyl (C=O) groups is 1. The van der Waals surface area contributed by atoms with E-state index in [0.717, 1.165) is 29.6 Å². The molecule has 0 N–H and O–H groups in total. The van der Waals surface area contributed by atoms with Crippen LogP contribution in [-0.2, 0) is 6.54 Å². The van der Waals surface area contributed by atoms with Crippen LogP contribution in [0.2, 0.25) is 0 Å². The minimum atomic E-state index is -0.523. The minimum Gasteiger partial charge on any atom is -0.338 e. The maximum Gasteiger partial charge on any atom is 0.255 e. The predicted molar refractivity (Wildman–Crippen MR) is 105 cm³/mol. The highest BCUT2D eigenvalue weighted by molar-refractivity contribution is 5.94. The van der Waals surface area contributed by atoms with Crippen LogP contribution in [-0.4, -0.2) is 38.4 Å². The van der Waals surface area contributed by atoms with Crippen molar-refractivity contribution in [2.75, 3.05) is 13.1 Å². The Morgan fingerprint density at radius 3 is 2.79 bits per heavy atom. The molecule has 0 saturated carbocycles. The smallest absolute Gasteiger partial charge is 0.255 e. The largest absolute Gasteiger partial charge is 0.338 e. The van der Waals surface area contributed by atoms with E-state index in [1.807, 2.05) is 28.8 Å². The summed E-state index contributed by atoms with van der Waals surface area (Å²) in [5.74, 6) is -0.484. The van der Waals surface area contributed by atoms with Crippen LogP contribution in [0.3, 0.4) is 0 Å². The van der Waals surface area contributed by atoms with Gasteiger partial charge in [0.2, 0.25) is 0 Å². The molecule has 1 amide bonds. The molecule has 0 unspecified atom stereocenters. The number of hydrogen-bond acceptors (Lipinski definition) is 4. The van der Waals surface area contributed by atoms with E-state index in [1.165, 1.54) is 12.3 Å². The topological polar surface area (TPSA) is 68.1 Å². The molecule has 1 saturated heterocycles. The molecule has 2 atom stereocenters. The summed E-state index contributed by atoms with van der Waals surface area (Å²) in [6.07, 6.45) is 5.11. The third-order valence-corrected chi connectivity index (χ3v) is 5.76. The Morgan fingerprint density at radius 2 is 2.00 bits per heavy atom. The number of nitrogens with zero attached hydrogens (tertiary/aromatic N) is 4. The molecular formula is C22H19FN4O2. The van der Waals surface area contributed by atoms with Crippen molar-refractivity contribution in [1.29, 1.82) is 0 Å². The van der Waals surface area contributed by atoms with Crippen molar-refractivity contribution in [2.45, 2.75) is 18.9 Å². The average molecular weight is 390 g/mol. The molecule has 146 valence electrons. The van der Waals surface area contributed by atoms with Gasteiger partial charge in [0.05, 0.1) is 17.5 Å². The van der Waals surface area contributed by atoms with Gasteiger partial charge in [0.15, 0.2) is 0 Å². The van der Waals surface area contributed by atoms with Crippen molar-refractivity contribution in [3.8, 4) is 11.3 Å². The molecule has 0 aliphatic carbocycles. The first kappa shape index (κ1) is 17.7. The summed E-state index contributed by atoms with van der Waals surface area (Å²) >= 11 is 0. The fraction of sp³-hybridized carbons (Fsp3) is 0.273. The Labute approximate surface area is 166 Å². The molecule has 5 rings (SSSR count). The molecule has 1 fully saturated rings. The monoisotopic (exact) mass is 390 g/mol. The minimum absolute atomic E-state index is 0.0352. The molecular weight excluding hydrogens is 371 g/mol. The van der Waals surface area contributed by atoms with E-state index in [4.69, 9.17) is 0 Å². The molecule has 0 spiro atoms. The SMILES string of the molecule is O=C(c1cncc(F)c1)N1C[C@@H]2C[C@H](C1)c1cc(-c3ccccn3)cc(=O)n1C2. The lowest BCUT2D eigenvalue weighted by molar-refractivity contribution is 0.0593. The molecule has 6 nitrogen and oxygen atoms in total. The molecule has 7 heteroatoms. The first-order valence-corrected chi connectivity index (χ1v) is 9.64. The van der Waals surface area contributed by atoms with Crippen LogP contribution in [0.25, 0.3) is 11.3 Å². The lowest BCUT2D eigenvalue weighted by Gasteiger charge is -2.43.